The van der Waals surface area contributed by atoms with E-state index in [0.717, 1.165) is 18.7 Å². The second kappa shape index (κ2) is 5.03. The summed E-state index contributed by atoms with van der Waals surface area (Å²) in [7, 11) is 0. The third-order valence-electron chi connectivity index (χ3n) is 3.68. The van der Waals surface area contributed by atoms with E-state index in [-0.39, 0.29) is 23.1 Å². The van der Waals surface area contributed by atoms with E-state index >= 15 is 0 Å². The molecule has 1 aliphatic rings. The van der Waals surface area contributed by atoms with Crippen molar-refractivity contribution in [3.05, 3.63) is 34.9 Å². The van der Waals surface area contributed by atoms with Crippen LogP contribution in [0, 0.1) is 28.4 Å². The van der Waals surface area contributed by atoms with Crippen LogP contribution in [0.5, 0.6) is 0 Å². The van der Waals surface area contributed by atoms with Crippen LogP contribution >= 0.6 is 0 Å². The van der Waals surface area contributed by atoms with E-state index in [0.29, 0.717) is 0 Å². The lowest BCUT2D eigenvalue weighted by Gasteiger charge is -2.38. The molecule has 1 N–H and O–H groups in total. The molecule has 0 atom stereocenters. The molecule has 1 aromatic carbocycles. The van der Waals surface area contributed by atoms with Crippen molar-refractivity contribution in [1.82, 2.24) is 5.32 Å². The summed E-state index contributed by atoms with van der Waals surface area (Å²) in [6.45, 7) is 3.11. The van der Waals surface area contributed by atoms with Crippen molar-refractivity contribution in [3.63, 3.8) is 0 Å². The number of hydrogen-bond donors (Lipinski definition) is 1. The molecule has 0 aliphatic heterocycles. The maximum atomic E-state index is 13.6. The van der Waals surface area contributed by atoms with Crippen molar-refractivity contribution in [2.75, 3.05) is 6.54 Å². The Kier molecular flexibility index (Phi) is 3.63. The van der Waals surface area contributed by atoms with Gasteiger partial charge in [-0.3, -0.25) is 0 Å². The van der Waals surface area contributed by atoms with Gasteiger partial charge < -0.3 is 5.32 Å². The number of nitrogens with zero attached hydrogens (tertiary/aromatic N) is 1. The Hall–Kier alpha value is -1.47. The van der Waals surface area contributed by atoms with Crippen LogP contribution in [0.1, 0.15) is 37.3 Å². The number of benzene rings is 1. The molecule has 0 heterocycles. The number of rotatable bonds is 4. The molecule has 0 amide bonds. The monoisotopic (exact) mass is 250 g/mol. The lowest BCUT2D eigenvalue weighted by atomic mass is 9.70. The molecule has 0 spiro atoms. The van der Waals surface area contributed by atoms with Gasteiger partial charge in [0.15, 0.2) is 0 Å². The second-order valence-corrected chi connectivity index (χ2v) is 5.30. The van der Waals surface area contributed by atoms with Crippen LogP contribution in [0.4, 0.5) is 8.78 Å². The molecule has 96 valence electrons. The van der Waals surface area contributed by atoms with Gasteiger partial charge in [0, 0.05) is 18.7 Å². The van der Waals surface area contributed by atoms with Crippen LogP contribution in [-0.4, -0.2) is 6.54 Å². The molecule has 0 saturated heterocycles. The Morgan fingerprint density at radius 3 is 2.39 bits per heavy atom. The Morgan fingerprint density at radius 1 is 1.33 bits per heavy atom. The zero-order valence-corrected chi connectivity index (χ0v) is 10.4. The molecule has 1 saturated carbocycles. The van der Waals surface area contributed by atoms with Gasteiger partial charge in [-0.2, -0.15) is 5.26 Å². The predicted molar refractivity (Wildman–Crippen MR) is 64.7 cm³/mol. The zero-order valence-electron chi connectivity index (χ0n) is 10.4. The first-order valence-electron chi connectivity index (χ1n) is 6.13. The minimum atomic E-state index is -0.655. The van der Waals surface area contributed by atoms with Gasteiger partial charge in [0.25, 0.3) is 0 Å². The Labute approximate surface area is 106 Å². The fraction of sp³-hybridized carbons (Fsp3) is 0.500. The summed E-state index contributed by atoms with van der Waals surface area (Å²) in [5.41, 5.74) is 0.302. The van der Waals surface area contributed by atoms with E-state index in [1.54, 1.807) is 6.07 Å². The minimum Gasteiger partial charge on any atom is -0.312 e. The summed E-state index contributed by atoms with van der Waals surface area (Å²) < 4.78 is 27.2. The topological polar surface area (TPSA) is 35.8 Å². The van der Waals surface area contributed by atoms with Crippen LogP contribution in [-0.2, 0) is 6.54 Å². The maximum absolute atomic E-state index is 13.6. The van der Waals surface area contributed by atoms with E-state index in [9.17, 15) is 8.78 Å². The molecule has 1 aliphatic carbocycles. The van der Waals surface area contributed by atoms with Crippen molar-refractivity contribution in [2.24, 2.45) is 5.41 Å². The summed E-state index contributed by atoms with van der Waals surface area (Å²) in [5, 5.41) is 11.7. The first-order valence-corrected chi connectivity index (χ1v) is 6.13. The molecule has 2 nitrogen and oxygen atoms in total. The molecule has 1 aromatic rings. The highest BCUT2D eigenvalue weighted by Crippen LogP contribution is 2.39. The smallest absolute Gasteiger partial charge is 0.131 e. The first-order chi connectivity index (χ1) is 8.54. The third kappa shape index (κ3) is 2.68. The number of halogens is 2. The van der Waals surface area contributed by atoms with Gasteiger partial charge >= 0.3 is 0 Å². The summed E-state index contributed by atoms with van der Waals surface area (Å²) in [6, 6.07) is 3.88. The molecular weight excluding hydrogens is 234 g/mol. The Morgan fingerprint density at radius 2 is 1.94 bits per heavy atom. The van der Waals surface area contributed by atoms with E-state index < -0.39 is 11.6 Å². The van der Waals surface area contributed by atoms with Gasteiger partial charge in [0.1, 0.15) is 11.6 Å². The molecule has 18 heavy (non-hydrogen) atoms. The van der Waals surface area contributed by atoms with Crippen LogP contribution in [0.25, 0.3) is 0 Å². The van der Waals surface area contributed by atoms with Crippen molar-refractivity contribution < 1.29 is 8.78 Å². The quantitative estimate of drug-likeness (QED) is 0.891. The minimum absolute atomic E-state index is 0.0110. The van der Waals surface area contributed by atoms with Gasteiger partial charge in [-0.15, -0.1) is 0 Å². The van der Waals surface area contributed by atoms with Gasteiger partial charge in [-0.1, -0.05) is 13.3 Å². The lowest BCUT2D eigenvalue weighted by molar-refractivity contribution is 0.156. The van der Waals surface area contributed by atoms with Crippen LogP contribution in [0.3, 0.4) is 0 Å². The average Bonchev–Trinajstić information content (AvgIpc) is 2.30. The second-order valence-electron chi connectivity index (χ2n) is 5.30. The van der Waals surface area contributed by atoms with Gasteiger partial charge in [0.05, 0.1) is 11.6 Å². The summed E-state index contributed by atoms with van der Waals surface area (Å²) in [6.07, 6.45) is 3.56. The summed E-state index contributed by atoms with van der Waals surface area (Å²) >= 11 is 0. The third-order valence-corrected chi connectivity index (χ3v) is 3.68. The van der Waals surface area contributed by atoms with Crippen molar-refractivity contribution in [2.45, 2.75) is 32.7 Å². The molecule has 0 radical (unpaired) electrons. The molecule has 4 heteroatoms. The molecular formula is C14H16F2N2. The van der Waals surface area contributed by atoms with E-state index in [1.165, 1.54) is 19.3 Å². The van der Waals surface area contributed by atoms with Crippen LogP contribution < -0.4 is 5.32 Å². The average molecular weight is 250 g/mol. The molecule has 1 fully saturated rings. The standard InChI is InChI=1S/C14H16F2N2/c1-14(3-2-4-14)9-18-8-11-12(15)5-10(7-17)6-13(11)16/h5-6,18H,2-4,8-9H2,1H3. The predicted octanol–water partition coefficient (Wildman–Crippen LogP) is 3.12. The molecule has 0 aromatic heterocycles. The molecule has 0 unspecified atom stereocenters. The van der Waals surface area contributed by atoms with E-state index in [4.69, 9.17) is 5.26 Å². The van der Waals surface area contributed by atoms with E-state index in [1.807, 2.05) is 0 Å². The molecule has 0 bridgehead atoms. The van der Waals surface area contributed by atoms with Crippen molar-refractivity contribution in [1.29, 1.82) is 5.26 Å². The highest BCUT2D eigenvalue weighted by atomic mass is 19.1. The highest BCUT2D eigenvalue weighted by molar-refractivity contribution is 5.34. The summed E-state index contributed by atoms with van der Waals surface area (Å²) in [4.78, 5) is 0. The SMILES string of the molecule is CC1(CNCc2c(F)cc(C#N)cc2F)CCC1. The van der Waals surface area contributed by atoms with Gasteiger partial charge in [-0.05, 0) is 30.4 Å². The van der Waals surface area contributed by atoms with Crippen molar-refractivity contribution >= 4 is 0 Å². The van der Waals surface area contributed by atoms with Crippen molar-refractivity contribution in [3.8, 4) is 6.07 Å². The van der Waals surface area contributed by atoms with E-state index in [2.05, 4.69) is 12.2 Å². The highest BCUT2D eigenvalue weighted by Gasteiger charge is 2.31. The number of nitrogens with one attached hydrogen (secondary N) is 1. The first kappa shape index (κ1) is 13.0. The van der Waals surface area contributed by atoms with Gasteiger partial charge in [-0.25, -0.2) is 8.78 Å². The van der Waals surface area contributed by atoms with Gasteiger partial charge in [0.2, 0.25) is 0 Å². The van der Waals surface area contributed by atoms with Crippen LogP contribution in [0.15, 0.2) is 12.1 Å². The Bertz CT molecular complexity index is 464. The van der Waals surface area contributed by atoms with Crippen LogP contribution in [0.2, 0.25) is 0 Å². The Balaban J connectivity index is 1.99. The number of hydrogen-bond acceptors (Lipinski definition) is 2. The normalized spacial score (nSPS) is 17.0. The molecule has 2 rings (SSSR count). The zero-order chi connectivity index (χ0) is 13.2. The summed E-state index contributed by atoms with van der Waals surface area (Å²) in [5.74, 6) is -1.31. The lowest BCUT2D eigenvalue weighted by Crippen LogP contribution is -2.37. The maximum Gasteiger partial charge on any atom is 0.131 e. The fourth-order valence-electron chi connectivity index (χ4n) is 2.28. The fourth-order valence-corrected chi connectivity index (χ4v) is 2.28. The largest absolute Gasteiger partial charge is 0.312 e. The number of nitriles is 1.